The molecule has 3 N–H and O–H groups in total. The predicted octanol–water partition coefficient (Wildman–Crippen LogP) is 1.54. The van der Waals surface area contributed by atoms with Crippen molar-refractivity contribution in [3.05, 3.63) is 29.8 Å². The summed E-state index contributed by atoms with van der Waals surface area (Å²) in [5.74, 6) is -3.24. The molecule has 0 bridgehead atoms. The zero-order valence-corrected chi connectivity index (χ0v) is 12.0. The Bertz CT molecular complexity index is 492. The summed E-state index contributed by atoms with van der Waals surface area (Å²) in [7, 11) is -3.91. The molecule has 0 aliphatic heterocycles. The van der Waals surface area contributed by atoms with Gasteiger partial charge in [-0.05, 0) is 24.1 Å². The summed E-state index contributed by atoms with van der Waals surface area (Å²) in [5.41, 5.74) is 5.80. The Morgan fingerprint density at radius 3 is 2.21 bits per heavy atom. The number of sulfonamides is 1. The summed E-state index contributed by atoms with van der Waals surface area (Å²) >= 11 is 0. The van der Waals surface area contributed by atoms with Crippen molar-refractivity contribution in [1.29, 1.82) is 0 Å². The van der Waals surface area contributed by atoms with Gasteiger partial charge in [-0.1, -0.05) is 19.1 Å². The van der Waals surface area contributed by atoms with Crippen LogP contribution in [0.1, 0.15) is 12.5 Å². The van der Waals surface area contributed by atoms with Crippen molar-refractivity contribution in [2.45, 2.75) is 24.2 Å². The van der Waals surface area contributed by atoms with Crippen LogP contribution in [-0.2, 0) is 16.4 Å². The van der Waals surface area contributed by atoms with Gasteiger partial charge in [-0.3, -0.25) is 0 Å². The molecular formula is C11H17ClF2N2O2S. The van der Waals surface area contributed by atoms with Crippen molar-refractivity contribution < 1.29 is 17.2 Å². The van der Waals surface area contributed by atoms with Gasteiger partial charge in [0, 0.05) is 0 Å². The highest BCUT2D eigenvalue weighted by molar-refractivity contribution is 7.89. The maximum Gasteiger partial charge on any atom is 0.273 e. The maximum atomic E-state index is 12.9. The molecular weight excluding hydrogens is 298 g/mol. The minimum Gasteiger partial charge on any atom is -0.325 e. The molecule has 0 spiro atoms. The third-order valence-corrected chi connectivity index (χ3v) is 3.88. The SMILES string of the molecule is CCc1ccc(S(=O)(=O)NCC(F)(F)CN)cc1.Cl. The van der Waals surface area contributed by atoms with Gasteiger partial charge in [-0.2, -0.15) is 0 Å². The molecule has 0 saturated heterocycles. The molecule has 0 atom stereocenters. The molecule has 0 aliphatic carbocycles. The van der Waals surface area contributed by atoms with E-state index >= 15 is 0 Å². The summed E-state index contributed by atoms with van der Waals surface area (Å²) < 4.78 is 51.0. The Morgan fingerprint density at radius 2 is 1.79 bits per heavy atom. The molecule has 1 rings (SSSR count). The minimum absolute atomic E-state index is 0. The molecule has 0 aliphatic rings. The monoisotopic (exact) mass is 314 g/mol. The summed E-state index contributed by atoms with van der Waals surface area (Å²) in [6.45, 7) is 0.0369. The van der Waals surface area contributed by atoms with Crippen molar-refractivity contribution >= 4 is 22.4 Å². The first-order valence-corrected chi connectivity index (χ1v) is 6.95. The van der Waals surface area contributed by atoms with Crippen molar-refractivity contribution in [3.8, 4) is 0 Å². The summed E-state index contributed by atoms with van der Waals surface area (Å²) in [6.07, 6.45) is 0.777. The molecule has 0 fully saturated rings. The number of nitrogens with one attached hydrogen (secondary N) is 1. The zero-order chi connectivity index (χ0) is 13.8. The average molecular weight is 315 g/mol. The summed E-state index contributed by atoms with van der Waals surface area (Å²) in [4.78, 5) is -0.0347. The van der Waals surface area contributed by atoms with Crippen LogP contribution in [0.25, 0.3) is 0 Å². The molecule has 110 valence electrons. The van der Waals surface area contributed by atoms with Gasteiger partial charge in [0.1, 0.15) is 0 Å². The van der Waals surface area contributed by atoms with Gasteiger partial charge in [0.2, 0.25) is 10.0 Å². The molecule has 0 amide bonds. The van der Waals surface area contributed by atoms with Crippen LogP contribution in [0.5, 0.6) is 0 Å². The topological polar surface area (TPSA) is 72.2 Å². The number of nitrogens with two attached hydrogens (primary N) is 1. The minimum atomic E-state index is -3.91. The summed E-state index contributed by atoms with van der Waals surface area (Å²) in [5, 5.41) is 0. The van der Waals surface area contributed by atoms with Crippen LogP contribution in [0.4, 0.5) is 8.78 Å². The first kappa shape index (κ1) is 18.2. The van der Waals surface area contributed by atoms with E-state index in [4.69, 9.17) is 5.73 Å². The average Bonchev–Trinajstić information content (AvgIpc) is 2.37. The van der Waals surface area contributed by atoms with Gasteiger partial charge >= 0.3 is 0 Å². The fourth-order valence-electron chi connectivity index (χ4n) is 1.26. The van der Waals surface area contributed by atoms with E-state index in [0.29, 0.717) is 0 Å². The number of alkyl halides is 2. The van der Waals surface area contributed by atoms with Crippen molar-refractivity contribution in [2.24, 2.45) is 5.73 Å². The largest absolute Gasteiger partial charge is 0.325 e. The molecule has 1 aromatic rings. The second-order valence-corrected chi connectivity index (χ2v) is 5.65. The van der Waals surface area contributed by atoms with Crippen LogP contribution >= 0.6 is 12.4 Å². The molecule has 19 heavy (non-hydrogen) atoms. The Kier molecular flexibility index (Phi) is 6.85. The maximum absolute atomic E-state index is 12.9. The number of aryl methyl sites for hydroxylation is 1. The van der Waals surface area contributed by atoms with Crippen LogP contribution in [0.15, 0.2) is 29.2 Å². The lowest BCUT2D eigenvalue weighted by atomic mass is 10.2. The number of hydrogen-bond donors (Lipinski definition) is 2. The predicted molar refractivity (Wildman–Crippen MR) is 72.3 cm³/mol. The first-order valence-electron chi connectivity index (χ1n) is 5.47. The Hall–Kier alpha value is -0.760. The van der Waals surface area contributed by atoms with Crippen LogP contribution in [0.2, 0.25) is 0 Å². The lowest BCUT2D eigenvalue weighted by Gasteiger charge is -2.14. The van der Waals surface area contributed by atoms with Crippen molar-refractivity contribution in [2.75, 3.05) is 13.1 Å². The summed E-state index contributed by atoms with van der Waals surface area (Å²) in [6, 6.07) is 6.08. The molecule has 0 unspecified atom stereocenters. The van der Waals surface area contributed by atoms with Crippen molar-refractivity contribution in [3.63, 3.8) is 0 Å². The lowest BCUT2D eigenvalue weighted by Crippen LogP contribution is -2.41. The van der Waals surface area contributed by atoms with Crippen LogP contribution in [-0.4, -0.2) is 27.4 Å². The van der Waals surface area contributed by atoms with E-state index < -0.39 is 29.0 Å². The van der Waals surface area contributed by atoms with E-state index in [1.807, 2.05) is 11.6 Å². The van der Waals surface area contributed by atoms with Gasteiger partial charge < -0.3 is 5.73 Å². The Labute approximate surface area is 117 Å². The van der Waals surface area contributed by atoms with Gasteiger partial charge in [0.25, 0.3) is 5.92 Å². The van der Waals surface area contributed by atoms with E-state index in [9.17, 15) is 17.2 Å². The highest BCUT2D eigenvalue weighted by Gasteiger charge is 2.29. The molecule has 8 heteroatoms. The first-order chi connectivity index (χ1) is 8.30. The van der Waals surface area contributed by atoms with Gasteiger partial charge in [-0.15, -0.1) is 12.4 Å². The van der Waals surface area contributed by atoms with Gasteiger partial charge in [0.05, 0.1) is 18.0 Å². The Balaban J connectivity index is 0.00000324. The fraction of sp³-hybridized carbons (Fsp3) is 0.455. The van der Waals surface area contributed by atoms with Gasteiger partial charge in [0.15, 0.2) is 0 Å². The smallest absolute Gasteiger partial charge is 0.273 e. The third-order valence-electron chi connectivity index (χ3n) is 2.46. The van der Waals surface area contributed by atoms with Crippen LogP contribution in [0, 0.1) is 0 Å². The van der Waals surface area contributed by atoms with E-state index in [2.05, 4.69) is 0 Å². The second kappa shape index (κ2) is 7.14. The van der Waals surface area contributed by atoms with E-state index in [-0.39, 0.29) is 17.3 Å². The van der Waals surface area contributed by atoms with E-state index in [1.54, 1.807) is 12.1 Å². The van der Waals surface area contributed by atoms with Crippen LogP contribution < -0.4 is 10.5 Å². The van der Waals surface area contributed by atoms with E-state index in [0.717, 1.165) is 12.0 Å². The number of halogens is 3. The molecule has 1 aromatic carbocycles. The molecule has 0 radical (unpaired) electrons. The normalized spacial score (nSPS) is 12.0. The van der Waals surface area contributed by atoms with Crippen LogP contribution in [0.3, 0.4) is 0 Å². The second-order valence-electron chi connectivity index (χ2n) is 3.88. The van der Waals surface area contributed by atoms with Crippen molar-refractivity contribution in [1.82, 2.24) is 4.72 Å². The van der Waals surface area contributed by atoms with E-state index in [1.165, 1.54) is 12.1 Å². The van der Waals surface area contributed by atoms with Gasteiger partial charge in [-0.25, -0.2) is 21.9 Å². The molecule has 0 aromatic heterocycles. The standard InChI is InChI=1S/C11H16F2N2O2S.ClH/c1-2-9-3-5-10(6-4-9)18(16,17)15-8-11(12,13)7-14;/h3-6,15H,2,7-8,14H2,1H3;1H. The molecule has 0 heterocycles. The number of benzene rings is 1. The highest BCUT2D eigenvalue weighted by Crippen LogP contribution is 2.14. The highest BCUT2D eigenvalue weighted by atomic mass is 35.5. The third kappa shape index (κ3) is 5.40. The number of hydrogen-bond acceptors (Lipinski definition) is 3. The molecule has 4 nitrogen and oxygen atoms in total. The lowest BCUT2D eigenvalue weighted by molar-refractivity contribution is 0.0170. The fourth-order valence-corrected chi connectivity index (χ4v) is 2.32. The number of rotatable bonds is 6. The Morgan fingerprint density at radius 1 is 1.26 bits per heavy atom. The molecule has 0 saturated carbocycles. The quantitative estimate of drug-likeness (QED) is 0.836. The zero-order valence-electron chi connectivity index (χ0n) is 10.4.